The fourth-order valence-corrected chi connectivity index (χ4v) is 4.03. The van der Waals surface area contributed by atoms with Crippen molar-refractivity contribution in [2.45, 2.75) is 38.6 Å². The number of aryl methyl sites for hydroxylation is 1. The average Bonchev–Trinajstić information content (AvgIpc) is 3.28. The summed E-state index contributed by atoms with van der Waals surface area (Å²) in [4.78, 5) is 21.1. The number of anilines is 1. The predicted molar refractivity (Wildman–Crippen MR) is 124 cm³/mol. The van der Waals surface area contributed by atoms with Crippen LogP contribution >= 0.6 is 11.6 Å². The van der Waals surface area contributed by atoms with Crippen LogP contribution < -0.4 is 4.90 Å². The standard InChI is InChI=1S/C25H28ClN3O2/c1-28(18-19-5-11-22(12-6-19)29-15-3-2-4-16-29)25(30)14-13-24-27-17-23(31-24)20-7-9-21(26)10-8-20/h5-12,17H,2-4,13-16,18H2,1H3. The normalized spacial score (nSPS) is 13.9. The molecule has 1 aliphatic rings. The Morgan fingerprint density at radius 2 is 1.77 bits per heavy atom. The molecule has 1 amide bonds. The van der Waals surface area contributed by atoms with E-state index >= 15 is 0 Å². The number of aromatic nitrogens is 1. The first-order valence-electron chi connectivity index (χ1n) is 10.9. The molecule has 2 heterocycles. The second-order valence-electron chi connectivity index (χ2n) is 8.09. The first-order chi connectivity index (χ1) is 15.1. The number of halogens is 1. The second kappa shape index (κ2) is 10.0. The van der Waals surface area contributed by atoms with E-state index in [2.05, 4.69) is 34.1 Å². The number of amides is 1. The lowest BCUT2D eigenvalue weighted by Gasteiger charge is -2.29. The summed E-state index contributed by atoms with van der Waals surface area (Å²) in [5.74, 6) is 1.32. The first kappa shape index (κ1) is 21.4. The molecule has 0 bridgehead atoms. The molecule has 0 atom stereocenters. The number of carbonyl (C=O) groups excluding carboxylic acids is 1. The maximum atomic E-state index is 12.6. The molecule has 4 rings (SSSR count). The fourth-order valence-electron chi connectivity index (χ4n) is 3.90. The third-order valence-corrected chi connectivity index (χ3v) is 5.99. The molecule has 0 saturated carbocycles. The summed E-state index contributed by atoms with van der Waals surface area (Å²) in [5, 5.41) is 0.679. The number of hydrogen-bond acceptors (Lipinski definition) is 4. The molecule has 0 N–H and O–H groups in total. The van der Waals surface area contributed by atoms with Gasteiger partial charge in [-0.05, 0) is 61.2 Å². The molecule has 0 radical (unpaired) electrons. The molecule has 1 fully saturated rings. The Bertz CT molecular complexity index is 992. The zero-order valence-corrected chi connectivity index (χ0v) is 18.6. The quantitative estimate of drug-likeness (QED) is 0.484. The van der Waals surface area contributed by atoms with Crippen LogP contribution in [0.1, 0.15) is 37.1 Å². The van der Waals surface area contributed by atoms with E-state index in [1.165, 1.54) is 24.9 Å². The molecule has 6 heteroatoms. The number of piperidine rings is 1. The van der Waals surface area contributed by atoms with Gasteiger partial charge in [-0.1, -0.05) is 23.7 Å². The van der Waals surface area contributed by atoms with Crippen LogP contribution in [0.2, 0.25) is 5.02 Å². The highest BCUT2D eigenvalue weighted by molar-refractivity contribution is 6.30. The van der Waals surface area contributed by atoms with Gasteiger partial charge in [0.2, 0.25) is 5.91 Å². The van der Waals surface area contributed by atoms with Crippen molar-refractivity contribution in [2.24, 2.45) is 0 Å². The largest absolute Gasteiger partial charge is 0.441 e. The van der Waals surface area contributed by atoms with E-state index in [-0.39, 0.29) is 5.91 Å². The molecule has 162 valence electrons. The highest BCUT2D eigenvalue weighted by Gasteiger charge is 2.14. The molecule has 0 aliphatic carbocycles. The Labute approximate surface area is 188 Å². The van der Waals surface area contributed by atoms with Gasteiger partial charge < -0.3 is 14.2 Å². The lowest BCUT2D eigenvalue weighted by atomic mass is 10.1. The van der Waals surface area contributed by atoms with Crippen molar-refractivity contribution in [1.29, 1.82) is 0 Å². The summed E-state index contributed by atoms with van der Waals surface area (Å²) in [6, 6.07) is 16.0. The highest BCUT2D eigenvalue weighted by atomic mass is 35.5. The van der Waals surface area contributed by atoms with Crippen LogP contribution in [0.5, 0.6) is 0 Å². The highest BCUT2D eigenvalue weighted by Crippen LogP contribution is 2.23. The fraction of sp³-hybridized carbons (Fsp3) is 0.360. The van der Waals surface area contributed by atoms with Gasteiger partial charge in [0.05, 0.1) is 6.20 Å². The van der Waals surface area contributed by atoms with Crippen molar-refractivity contribution in [3.05, 3.63) is 71.2 Å². The van der Waals surface area contributed by atoms with Gasteiger partial charge in [0, 0.05) is 55.8 Å². The zero-order chi connectivity index (χ0) is 21.6. The molecule has 1 aliphatic heterocycles. The molecule has 0 unspecified atom stereocenters. The summed E-state index contributed by atoms with van der Waals surface area (Å²) >= 11 is 5.93. The van der Waals surface area contributed by atoms with Crippen molar-refractivity contribution in [3.63, 3.8) is 0 Å². The van der Waals surface area contributed by atoms with Crippen LogP contribution in [0.3, 0.4) is 0 Å². The van der Waals surface area contributed by atoms with Crippen LogP contribution in [0.25, 0.3) is 11.3 Å². The van der Waals surface area contributed by atoms with Gasteiger partial charge in [-0.3, -0.25) is 4.79 Å². The van der Waals surface area contributed by atoms with Crippen molar-refractivity contribution >= 4 is 23.2 Å². The van der Waals surface area contributed by atoms with Crippen LogP contribution in [-0.2, 0) is 17.8 Å². The van der Waals surface area contributed by atoms with Crippen molar-refractivity contribution < 1.29 is 9.21 Å². The Morgan fingerprint density at radius 3 is 2.48 bits per heavy atom. The molecule has 3 aromatic rings. The Kier molecular flexibility index (Phi) is 6.92. The molecular formula is C25H28ClN3O2. The van der Waals surface area contributed by atoms with Gasteiger partial charge in [0.15, 0.2) is 11.7 Å². The zero-order valence-electron chi connectivity index (χ0n) is 17.9. The van der Waals surface area contributed by atoms with Gasteiger partial charge in [-0.2, -0.15) is 0 Å². The van der Waals surface area contributed by atoms with Gasteiger partial charge in [0.1, 0.15) is 0 Å². The van der Waals surface area contributed by atoms with E-state index < -0.39 is 0 Å². The van der Waals surface area contributed by atoms with Crippen LogP contribution in [-0.4, -0.2) is 35.9 Å². The second-order valence-corrected chi connectivity index (χ2v) is 8.53. The summed E-state index contributed by atoms with van der Waals surface area (Å²) in [7, 11) is 1.84. The minimum atomic E-state index is 0.0753. The number of oxazole rings is 1. The Balaban J connectivity index is 1.27. The van der Waals surface area contributed by atoms with Gasteiger partial charge in [0.25, 0.3) is 0 Å². The Morgan fingerprint density at radius 1 is 1.06 bits per heavy atom. The van der Waals surface area contributed by atoms with Crippen molar-refractivity contribution in [2.75, 3.05) is 25.0 Å². The van der Waals surface area contributed by atoms with E-state index in [0.29, 0.717) is 36.1 Å². The maximum Gasteiger partial charge on any atom is 0.223 e. The minimum Gasteiger partial charge on any atom is -0.441 e. The number of nitrogens with zero attached hydrogens (tertiary/aromatic N) is 3. The minimum absolute atomic E-state index is 0.0753. The third-order valence-electron chi connectivity index (χ3n) is 5.74. The SMILES string of the molecule is CN(Cc1ccc(N2CCCCC2)cc1)C(=O)CCc1ncc(-c2ccc(Cl)cc2)o1. The number of rotatable bonds is 7. The van der Waals surface area contributed by atoms with Gasteiger partial charge in [-0.15, -0.1) is 0 Å². The van der Waals surface area contributed by atoms with Crippen LogP contribution in [0.4, 0.5) is 5.69 Å². The average molecular weight is 438 g/mol. The first-order valence-corrected chi connectivity index (χ1v) is 11.2. The number of carbonyl (C=O) groups is 1. The van der Waals surface area contributed by atoms with Crippen molar-refractivity contribution in [3.8, 4) is 11.3 Å². The summed E-state index contributed by atoms with van der Waals surface area (Å²) in [5.41, 5.74) is 3.33. The number of benzene rings is 2. The van der Waals surface area contributed by atoms with E-state index in [0.717, 1.165) is 24.2 Å². The van der Waals surface area contributed by atoms with E-state index in [4.69, 9.17) is 16.0 Å². The van der Waals surface area contributed by atoms with E-state index in [1.54, 1.807) is 11.1 Å². The molecule has 5 nitrogen and oxygen atoms in total. The molecule has 2 aromatic carbocycles. The van der Waals surface area contributed by atoms with Crippen LogP contribution in [0, 0.1) is 0 Å². The summed E-state index contributed by atoms with van der Waals surface area (Å²) in [6.45, 7) is 2.87. The number of hydrogen-bond donors (Lipinski definition) is 0. The lowest BCUT2D eigenvalue weighted by Crippen LogP contribution is -2.29. The molecule has 1 aromatic heterocycles. The lowest BCUT2D eigenvalue weighted by molar-refractivity contribution is -0.130. The van der Waals surface area contributed by atoms with E-state index in [9.17, 15) is 4.79 Å². The molecular weight excluding hydrogens is 410 g/mol. The molecule has 1 saturated heterocycles. The monoisotopic (exact) mass is 437 g/mol. The van der Waals surface area contributed by atoms with Gasteiger partial charge in [-0.25, -0.2) is 4.98 Å². The van der Waals surface area contributed by atoms with Crippen LogP contribution in [0.15, 0.2) is 59.1 Å². The summed E-state index contributed by atoms with van der Waals surface area (Å²) < 4.78 is 5.80. The van der Waals surface area contributed by atoms with Crippen molar-refractivity contribution in [1.82, 2.24) is 9.88 Å². The topological polar surface area (TPSA) is 49.6 Å². The predicted octanol–water partition coefficient (Wildman–Crippen LogP) is 5.58. The third kappa shape index (κ3) is 5.67. The van der Waals surface area contributed by atoms with E-state index in [1.807, 2.05) is 31.3 Å². The molecule has 31 heavy (non-hydrogen) atoms. The molecule has 0 spiro atoms. The maximum absolute atomic E-state index is 12.6. The van der Waals surface area contributed by atoms with Gasteiger partial charge >= 0.3 is 0 Å². The smallest absolute Gasteiger partial charge is 0.223 e. The summed E-state index contributed by atoms with van der Waals surface area (Å²) in [6.07, 6.45) is 6.40. The Hall–Kier alpha value is -2.79.